The molecule has 3 heterocycles. The maximum absolute atomic E-state index is 14.4. The van der Waals surface area contributed by atoms with Crippen molar-refractivity contribution in [1.29, 1.82) is 0 Å². The van der Waals surface area contributed by atoms with Gasteiger partial charge in [0.15, 0.2) is 17.5 Å². The maximum atomic E-state index is 14.4. The number of nitrogens with zero attached hydrogens (tertiary/aromatic N) is 3. The zero-order valence-corrected chi connectivity index (χ0v) is 16.2. The number of ether oxygens (including phenoxy) is 1. The highest BCUT2D eigenvalue weighted by Crippen LogP contribution is 2.37. The van der Waals surface area contributed by atoms with Crippen LogP contribution in [0.15, 0.2) is 24.7 Å². The van der Waals surface area contributed by atoms with Gasteiger partial charge < -0.3 is 20.1 Å². The van der Waals surface area contributed by atoms with Gasteiger partial charge in [0.1, 0.15) is 11.4 Å². The zero-order chi connectivity index (χ0) is 20.6. The second-order valence-electron chi connectivity index (χ2n) is 7.67. The minimum absolute atomic E-state index is 0.0693. The van der Waals surface area contributed by atoms with Crippen LogP contribution in [0.2, 0.25) is 0 Å². The Labute approximate surface area is 166 Å². The Balaban J connectivity index is 1.64. The van der Waals surface area contributed by atoms with Gasteiger partial charge in [-0.1, -0.05) is 6.42 Å². The number of fused-ring (bicyclic) bond motifs is 1. The number of hydrogen-bond donors (Lipinski definition) is 3. The summed E-state index contributed by atoms with van der Waals surface area (Å²) in [6.07, 6.45) is 6.98. The molecule has 29 heavy (non-hydrogen) atoms. The van der Waals surface area contributed by atoms with Crippen LogP contribution < -0.4 is 10.1 Å². The van der Waals surface area contributed by atoms with E-state index in [4.69, 9.17) is 4.74 Å². The van der Waals surface area contributed by atoms with Crippen molar-refractivity contribution in [3.63, 3.8) is 0 Å². The number of anilines is 1. The van der Waals surface area contributed by atoms with Crippen molar-refractivity contribution < 1.29 is 19.0 Å². The minimum atomic E-state index is -0.826. The fourth-order valence-electron chi connectivity index (χ4n) is 3.88. The van der Waals surface area contributed by atoms with Gasteiger partial charge in [-0.05, 0) is 32.3 Å². The van der Waals surface area contributed by atoms with Gasteiger partial charge in [0, 0.05) is 23.2 Å². The quantitative estimate of drug-likeness (QED) is 0.601. The molecule has 1 fully saturated rings. The Kier molecular flexibility index (Phi) is 4.81. The molecule has 1 aliphatic rings. The number of carboxylic acids is 1. The van der Waals surface area contributed by atoms with E-state index in [9.17, 15) is 14.3 Å². The Morgan fingerprint density at radius 1 is 1.41 bits per heavy atom. The molecule has 9 heteroatoms. The third-order valence-electron chi connectivity index (χ3n) is 5.56. The standard InChI is InChI=1S/C20H22FN5O3/c1-20(19(27)28)5-3-4-11(7-20)25-18-15(21)10-24-17(26-18)14-9-23-16-13(14)6-12(29-2)8-22-16/h6,8-11H,3-5,7H2,1-2H3,(H,22,23)(H,27,28)(H,24,25,26)/t11-,20+/m0/s1. The molecular weight excluding hydrogens is 377 g/mol. The van der Waals surface area contributed by atoms with Crippen LogP contribution in [0.5, 0.6) is 5.75 Å². The SMILES string of the molecule is COc1cnc2[nH]cc(-c3ncc(F)c(N[C@H]4CCC[C@@](C)(C(=O)O)C4)n3)c2c1. The summed E-state index contributed by atoms with van der Waals surface area (Å²) in [5.41, 5.74) is 0.502. The topological polar surface area (TPSA) is 113 Å². The van der Waals surface area contributed by atoms with E-state index in [-0.39, 0.29) is 11.9 Å². The average Bonchev–Trinajstić information content (AvgIpc) is 3.13. The van der Waals surface area contributed by atoms with Crippen molar-refractivity contribution in [3.05, 3.63) is 30.5 Å². The van der Waals surface area contributed by atoms with Crippen molar-refractivity contribution in [3.8, 4) is 17.1 Å². The fraction of sp³-hybridized carbons (Fsp3) is 0.400. The number of rotatable bonds is 5. The highest BCUT2D eigenvalue weighted by atomic mass is 19.1. The van der Waals surface area contributed by atoms with Gasteiger partial charge >= 0.3 is 5.97 Å². The number of aliphatic carboxylic acids is 1. The molecule has 0 aromatic carbocycles. The highest BCUT2D eigenvalue weighted by Gasteiger charge is 2.38. The van der Waals surface area contributed by atoms with Gasteiger partial charge in [0.2, 0.25) is 0 Å². The molecular formula is C20H22FN5O3. The van der Waals surface area contributed by atoms with Gasteiger partial charge in [-0.15, -0.1) is 0 Å². The second kappa shape index (κ2) is 7.31. The summed E-state index contributed by atoms with van der Waals surface area (Å²) in [4.78, 5) is 27.4. The van der Waals surface area contributed by atoms with E-state index in [1.807, 2.05) is 6.07 Å². The van der Waals surface area contributed by atoms with Crippen LogP contribution in [0.3, 0.4) is 0 Å². The normalized spacial score (nSPS) is 21.8. The van der Waals surface area contributed by atoms with Crippen molar-refractivity contribution in [2.45, 2.75) is 38.6 Å². The van der Waals surface area contributed by atoms with E-state index in [1.54, 1.807) is 26.4 Å². The number of aromatic amines is 1. The van der Waals surface area contributed by atoms with Gasteiger partial charge in [0.25, 0.3) is 0 Å². The Morgan fingerprint density at radius 3 is 3.00 bits per heavy atom. The monoisotopic (exact) mass is 399 g/mol. The van der Waals surface area contributed by atoms with Crippen molar-refractivity contribution in [2.75, 3.05) is 12.4 Å². The Bertz CT molecular complexity index is 1070. The van der Waals surface area contributed by atoms with Crippen LogP contribution in [-0.4, -0.2) is 44.2 Å². The summed E-state index contributed by atoms with van der Waals surface area (Å²) >= 11 is 0. The van der Waals surface area contributed by atoms with E-state index in [0.29, 0.717) is 35.6 Å². The first-order valence-electron chi connectivity index (χ1n) is 9.43. The lowest BCUT2D eigenvalue weighted by atomic mass is 9.73. The highest BCUT2D eigenvalue weighted by molar-refractivity contribution is 5.92. The number of carboxylic acid groups (broad SMARTS) is 1. The van der Waals surface area contributed by atoms with Crippen molar-refractivity contribution in [2.24, 2.45) is 5.41 Å². The molecule has 3 aromatic heterocycles. The van der Waals surface area contributed by atoms with Gasteiger partial charge in [0.05, 0.1) is 24.9 Å². The largest absolute Gasteiger partial charge is 0.495 e. The van der Waals surface area contributed by atoms with Gasteiger partial charge in [-0.2, -0.15) is 0 Å². The molecule has 3 aromatic rings. The third kappa shape index (κ3) is 3.59. The zero-order valence-electron chi connectivity index (χ0n) is 16.2. The van der Waals surface area contributed by atoms with E-state index >= 15 is 0 Å². The number of H-pyrrole nitrogens is 1. The summed E-state index contributed by atoms with van der Waals surface area (Å²) in [6.45, 7) is 1.73. The predicted molar refractivity (Wildman–Crippen MR) is 105 cm³/mol. The molecule has 3 N–H and O–H groups in total. The number of carbonyl (C=O) groups is 1. The lowest BCUT2D eigenvalue weighted by molar-refractivity contribution is -0.149. The van der Waals surface area contributed by atoms with Crippen LogP contribution in [-0.2, 0) is 4.79 Å². The Morgan fingerprint density at radius 2 is 2.24 bits per heavy atom. The lowest BCUT2D eigenvalue weighted by Crippen LogP contribution is -2.39. The summed E-state index contributed by atoms with van der Waals surface area (Å²) in [7, 11) is 1.56. The molecule has 0 aliphatic heterocycles. The molecule has 0 radical (unpaired) electrons. The van der Waals surface area contributed by atoms with E-state index in [2.05, 4.69) is 25.3 Å². The molecule has 2 atom stereocenters. The molecule has 152 valence electrons. The first-order valence-corrected chi connectivity index (χ1v) is 9.43. The summed E-state index contributed by atoms with van der Waals surface area (Å²) in [5.74, 6) is -0.402. The summed E-state index contributed by atoms with van der Waals surface area (Å²) < 4.78 is 19.6. The first-order chi connectivity index (χ1) is 13.9. The number of methoxy groups -OCH3 is 1. The number of aromatic nitrogens is 4. The average molecular weight is 399 g/mol. The summed E-state index contributed by atoms with van der Waals surface area (Å²) in [6, 6.07) is 1.64. The van der Waals surface area contributed by atoms with Crippen molar-refractivity contribution >= 4 is 22.8 Å². The summed E-state index contributed by atoms with van der Waals surface area (Å²) in [5, 5.41) is 13.4. The predicted octanol–water partition coefficient (Wildman–Crippen LogP) is 3.61. The molecule has 1 saturated carbocycles. The van der Waals surface area contributed by atoms with Crippen LogP contribution in [0.1, 0.15) is 32.6 Å². The lowest BCUT2D eigenvalue weighted by Gasteiger charge is -2.35. The maximum Gasteiger partial charge on any atom is 0.309 e. The molecule has 0 bridgehead atoms. The number of pyridine rings is 1. The minimum Gasteiger partial charge on any atom is -0.495 e. The van der Waals surface area contributed by atoms with Crippen LogP contribution in [0.25, 0.3) is 22.4 Å². The van der Waals surface area contributed by atoms with E-state index in [1.165, 1.54) is 0 Å². The molecule has 0 spiro atoms. The van der Waals surface area contributed by atoms with Crippen LogP contribution in [0.4, 0.5) is 10.2 Å². The second-order valence-corrected chi connectivity index (χ2v) is 7.67. The smallest absolute Gasteiger partial charge is 0.309 e. The molecule has 4 rings (SSSR count). The molecule has 1 aliphatic carbocycles. The Hall–Kier alpha value is -3.23. The third-order valence-corrected chi connectivity index (χ3v) is 5.56. The number of hydrogen-bond acceptors (Lipinski definition) is 6. The fourth-order valence-corrected chi connectivity index (χ4v) is 3.88. The first kappa shape index (κ1) is 19.1. The molecule has 0 amide bonds. The molecule has 8 nitrogen and oxygen atoms in total. The van der Waals surface area contributed by atoms with Crippen LogP contribution in [0, 0.1) is 11.2 Å². The van der Waals surface area contributed by atoms with E-state index < -0.39 is 17.2 Å². The van der Waals surface area contributed by atoms with Gasteiger partial charge in [-0.3, -0.25) is 4.79 Å². The van der Waals surface area contributed by atoms with Gasteiger partial charge in [-0.25, -0.2) is 19.3 Å². The number of nitrogens with one attached hydrogen (secondary N) is 2. The van der Waals surface area contributed by atoms with Crippen LogP contribution >= 0.6 is 0 Å². The number of halogens is 1. The van der Waals surface area contributed by atoms with E-state index in [0.717, 1.165) is 24.4 Å². The molecule has 0 unspecified atom stereocenters. The molecule has 0 saturated heterocycles. The van der Waals surface area contributed by atoms with Crippen molar-refractivity contribution in [1.82, 2.24) is 19.9 Å².